The van der Waals surface area contributed by atoms with Crippen molar-refractivity contribution in [2.75, 3.05) is 6.61 Å². The lowest BCUT2D eigenvalue weighted by Crippen LogP contribution is -2.40. The molecule has 0 unspecified atom stereocenters. The highest BCUT2D eigenvalue weighted by Gasteiger charge is 2.49. The van der Waals surface area contributed by atoms with Gasteiger partial charge in [-0.1, -0.05) is 12.2 Å². The van der Waals surface area contributed by atoms with Crippen molar-refractivity contribution >= 4 is 7.85 Å². The lowest BCUT2D eigenvalue weighted by atomic mass is 9.74. The highest BCUT2D eigenvalue weighted by Crippen LogP contribution is 2.45. The fraction of sp³-hybridized carbons (Fsp3) is 0.750. The van der Waals surface area contributed by atoms with Crippen LogP contribution in [0.25, 0.3) is 0 Å². The van der Waals surface area contributed by atoms with Crippen LogP contribution in [0.2, 0.25) is 5.82 Å². The molecule has 1 aliphatic carbocycles. The standard InChI is InChI=1S/C8H13BO3/c1-4-5(3-10)7(11)8(2,12)6(4)9/h5-7,10-12H,1,3H2,2H3/t5-,6+,7+,8-/m0/s1. The van der Waals surface area contributed by atoms with Crippen molar-refractivity contribution in [2.24, 2.45) is 5.92 Å². The molecule has 3 nitrogen and oxygen atoms in total. The normalized spacial score (nSPS) is 48.3. The second-order valence-electron chi connectivity index (χ2n) is 3.51. The van der Waals surface area contributed by atoms with Crippen LogP contribution in [0.5, 0.6) is 0 Å². The zero-order valence-electron chi connectivity index (χ0n) is 7.07. The Morgan fingerprint density at radius 2 is 2.17 bits per heavy atom. The van der Waals surface area contributed by atoms with E-state index in [0.717, 1.165) is 0 Å². The first kappa shape index (κ1) is 9.77. The van der Waals surface area contributed by atoms with Crippen LogP contribution < -0.4 is 0 Å². The molecule has 66 valence electrons. The molecule has 1 rings (SSSR count). The molecule has 0 amide bonds. The topological polar surface area (TPSA) is 60.7 Å². The van der Waals surface area contributed by atoms with E-state index in [1.807, 2.05) is 0 Å². The molecule has 0 aromatic carbocycles. The van der Waals surface area contributed by atoms with Gasteiger partial charge in [0.1, 0.15) is 0 Å². The SMILES string of the molecule is [B][C@@H]1C(=C)[C@H](CO)[C@@H](O)[C@@]1(C)O. The first-order valence-electron chi connectivity index (χ1n) is 3.88. The van der Waals surface area contributed by atoms with Crippen LogP contribution in [0.1, 0.15) is 6.92 Å². The van der Waals surface area contributed by atoms with E-state index in [-0.39, 0.29) is 6.61 Å². The Labute approximate surface area is 73.1 Å². The second kappa shape index (κ2) is 2.87. The molecule has 1 aliphatic rings. The fourth-order valence-electron chi connectivity index (χ4n) is 1.62. The summed E-state index contributed by atoms with van der Waals surface area (Å²) in [5.74, 6) is -1.17. The van der Waals surface area contributed by atoms with Crippen LogP contribution in [0, 0.1) is 5.92 Å². The molecule has 0 aromatic heterocycles. The molecule has 3 N–H and O–H groups in total. The largest absolute Gasteiger partial charge is 0.396 e. The molecular formula is C8H13BO3. The van der Waals surface area contributed by atoms with Gasteiger partial charge in [0.15, 0.2) is 0 Å². The van der Waals surface area contributed by atoms with Crippen molar-refractivity contribution < 1.29 is 15.3 Å². The molecule has 2 radical (unpaired) electrons. The maximum Gasteiger partial charge on any atom is 0.0909 e. The summed E-state index contributed by atoms with van der Waals surface area (Å²) in [6, 6.07) is 0. The zero-order chi connectivity index (χ0) is 9.52. The number of hydrogen-bond donors (Lipinski definition) is 3. The van der Waals surface area contributed by atoms with Crippen LogP contribution in [-0.2, 0) is 0 Å². The summed E-state index contributed by atoms with van der Waals surface area (Å²) in [5, 5.41) is 28.0. The van der Waals surface area contributed by atoms with Crippen molar-refractivity contribution in [1.29, 1.82) is 0 Å². The molecule has 12 heavy (non-hydrogen) atoms. The molecule has 0 aliphatic heterocycles. The minimum absolute atomic E-state index is 0.232. The van der Waals surface area contributed by atoms with Crippen LogP contribution >= 0.6 is 0 Å². The Morgan fingerprint density at radius 1 is 1.67 bits per heavy atom. The van der Waals surface area contributed by atoms with E-state index in [4.69, 9.17) is 13.0 Å². The Balaban J connectivity index is 2.94. The molecule has 0 saturated heterocycles. The first-order valence-corrected chi connectivity index (χ1v) is 3.88. The summed E-state index contributed by atoms with van der Waals surface area (Å²) in [6.45, 7) is 4.84. The Kier molecular flexibility index (Phi) is 2.34. The van der Waals surface area contributed by atoms with Crippen molar-refractivity contribution in [3.8, 4) is 0 Å². The van der Waals surface area contributed by atoms with Crippen LogP contribution in [0.3, 0.4) is 0 Å². The van der Waals surface area contributed by atoms with Gasteiger partial charge in [-0.3, -0.25) is 0 Å². The minimum Gasteiger partial charge on any atom is -0.396 e. The van der Waals surface area contributed by atoms with Gasteiger partial charge in [0, 0.05) is 5.92 Å². The van der Waals surface area contributed by atoms with E-state index in [9.17, 15) is 10.2 Å². The molecule has 0 heterocycles. The highest BCUT2D eigenvalue weighted by molar-refractivity contribution is 6.15. The molecule has 1 saturated carbocycles. The predicted molar refractivity (Wildman–Crippen MR) is 45.9 cm³/mol. The molecule has 4 atom stereocenters. The van der Waals surface area contributed by atoms with Gasteiger partial charge in [-0.05, 0) is 12.7 Å². The number of rotatable bonds is 1. The van der Waals surface area contributed by atoms with Crippen LogP contribution in [-0.4, -0.2) is 41.5 Å². The van der Waals surface area contributed by atoms with E-state index in [2.05, 4.69) is 6.58 Å². The molecule has 0 bridgehead atoms. The average molecular weight is 168 g/mol. The minimum atomic E-state index is -1.37. The van der Waals surface area contributed by atoms with Gasteiger partial charge in [-0.15, -0.1) is 0 Å². The third kappa shape index (κ3) is 1.11. The van der Waals surface area contributed by atoms with Crippen LogP contribution in [0.15, 0.2) is 12.2 Å². The number of hydrogen-bond acceptors (Lipinski definition) is 3. The quantitative estimate of drug-likeness (QED) is 0.356. The summed E-state index contributed by atoms with van der Waals surface area (Å²) in [4.78, 5) is 0. The van der Waals surface area contributed by atoms with Gasteiger partial charge < -0.3 is 15.3 Å². The van der Waals surface area contributed by atoms with Gasteiger partial charge >= 0.3 is 0 Å². The van der Waals surface area contributed by atoms with Crippen LogP contribution in [0.4, 0.5) is 0 Å². The first-order chi connectivity index (χ1) is 5.42. The van der Waals surface area contributed by atoms with E-state index in [0.29, 0.717) is 5.57 Å². The average Bonchev–Trinajstić information content (AvgIpc) is 2.15. The van der Waals surface area contributed by atoms with Crippen molar-refractivity contribution in [3.63, 3.8) is 0 Å². The smallest absolute Gasteiger partial charge is 0.0909 e. The van der Waals surface area contributed by atoms with Gasteiger partial charge in [-0.2, -0.15) is 0 Å². The number of aliphatic hydroxyl groups is 3. The Bertz CT molecular complexity index is 202. The Morgan fingerprint density at radius 3 is 2.33 bits per heavy atom. The van der Waals surface area contributed by atoms with Gasteiger partial charge in [0.25, 0.3) is 0 Å². The molecular weight excluding hydrogens is 155 g/mol. The zero-order valence-corrected chi connectivity index (χ0v) is 7.07. The summed E-state index contributed by atoms with van der Waals surface area (Å²) in [7, 11) is 5.59. The number of aliphatic hydroxyl groups excluding tert-OH is 2. The van der Waals surface area contributed by atoms with Crippen molar-refractivity contribution in [3.05, 3.63) is 12.2 Å². The van der Waals surface area contributed by atoms with E-state index in [1.165, 1.54) is 6.92 Å². The van der Waals surface area contributed by atoms with E-state index < -0.39 is 23.4 Å². The maximum atomic E-state index is 9.66. The third-order valence-corrected chi connectivity index (χ3v) is 2.68. The van der Waals surface area contributed by atoms with E-state index in [1.54, 1.807) is 0 Å². The lowest BCUT2D eigenvalue weighted by Gasteiger charge is -2.26. The monoisotopic (exact) mass is 168 g/mol. The van der Waals surface area contributed by atoms with E-state index >= 15 is 0 Å². The summed E-state index contributed by atoms with van der Waals surface area (Å²) in [6.07, 6.45) is -1.02. The summed E-state index contributed by atoms with van der Waals surface area (Å²) in [5.41, 5.74) is -0.861. The molecule has 0 aromatic rings. The van der Waals surface area contributed by atoms with Crippen molar-refractivity contribution in [2.45, 2.75) is 24.4 Å². The molecule has 0 spiro atoms. The van der Waals surface area contributed by atoms with Gasteiger partial charge in [0.05, 0.1) is 26.2 Å². The third-order valence-electron chi connectivity index (χ3n) is 2.68. The Hall–Kier alpha value is -0.315. The summed E-state index contributed by atoms with van der Waals surface area (Å²) >= 11 is 0. The maximum absolute atomic E-state index is 9.66. The second-order valence-corrected chi connectivity index (χ2v) is 3.51. The molecule has 1 fully saturated rings. The van der Waals surface area contributed by atoms with Gasteiger partial charge in [-0.25, -0.2) is 0 Å². The molecule has 4 heteroatoms. The van der Waals surface area contributed by atoms with Gasteiger partial charge in [0.2, 0.25) is 0 Å². The summed E-state index contributed by atoms with van der Waals surface area (Å²) < 4.78 is 0. The highest BCUT2D eigenvalue weighted by atomic mass is 16.3. The lowest BCUT2D eigenvalue weighted by molar-refractivity contribution is -0.0599. The predicted octanol–water partition coefficient (Wildman–Crippen LogP) is -0.766. The van der Waals surface area contributed by atoms with Crippen molar-refractivity contribution in [1.82, 2.24) is 0 Å². The fourth-order valence-corrected chi connectivity index (χ4v) is 1.62.